The minimum atomic E-state index is -0.438. The molecule has 1 aliphatic rings. The molecule has 0 radical (unpaired) electrons. The van der Waals surface area contributed by atoms with E-state index in [1.165, 1.54) is 7.11 Å². The fourth-order valence-corrected chi connectivity index (χ4v) is 3.05. The van der Waals surface area contributed by atoms with Crippen LogP contribution >= 0.6 is 11.6 Å². The molecule has 22 heavy (non-hydrogen) atoms. The van der Waals surface area contributed by atoms with Crippen LogP contribution in [0.3, 0.4) is 0 Å². The van der Waals surface area contributed by atoms with Gasteiger partial charge in [0.1, 0.15) is 0 Å². The van der Waals surface area contributed by atoms with E-state index in [9.17, 15) is 4.79 Å². The van der Waals surface area contributed by atoms with E-state index in [-0.39, 0.29) is 12.7 Å². The molecule has 0 spiro atoms. The Morgan fingerprint density at radius 1 is 1.32 bits per heavy atom. The second kappa shape index (κ2) is 5.99. The molecule has 1 unspecified atom stereocenters. The number of rotatable bonds is 2. The molecule has 0 saturated carbocycles. The SMILES string of the molecule is COC(=O)C1=C(N)CC(c2cccc3cccc(Cl)c23)OC1. The van der Waals surface area contributed by atoms with Gasteiger partial charge in [-0.15, -0.1) is 0 Å². The highest BCUT2D eigenvalue weighted by Crippen LogP contribution is 2.36. The van der Waals surface area contributed by atoms with E-state index < -0.39 is 5.97 Å². The van der Waals surface area contributed by atoms with Crippen molar-refractivity contribution in [2.75, 3.05) is 13.7 Å². The van der Waals surface area contributed by atoms with Crippen LogP contribution in [-0.2, 0) is 14.3 Å². The summed E-state index contributed by atoms with van der Waals surface area (Å²) < 4.78 is 10.5. The van der Waals surface area contributed by atoms with Gasteiger partial charge in [-0.2, -0.15) is 0 Å². The number of ether oxygens (including phenoxy) is 2. The van der Waals surface area contributed by atoms with Crippen LogP contribution in [0.1, 0.15) is 18.1 Å². The van der Waals surface area contributed by atoms with Gasteiger partial charge in [0.2, 0.25) is 0 Å². The Morgan fingerprint density at radius 3 is 2.73 bits per heavy atom. The summed E-state index contributed by atoms with van der Waals surface area (Å²) in [4.78, 5) is 11.6. The zero-order chi connectivity index (χ0) is 15.7. The van der Waals surface area contributed by atoms with Crippen molar-refractivity contribution >= 4 is 28.3 Å². The Morgan fingerprint density at radius 2 is 2.05 bits per heavy atom. The fourth-order valence-electron chi connectivity index (χ4n) is 2.76. The molecular weight excluding hydrogens is 302 g/mol. The van der Waals surface area contributed by atoms with Crippen LogP contribution in [0.4, 0.5) is 0 Å². The van der Waals surface area contributed by atoms with Gasteiger partial charge in [0.25, 0.3) is 0 Å². The zero-order valence-corrected chi connectivity index (χ0v) is 12.9. The molecular formula is C17H16ClNO3. The maximum Gasteiger partial charge on any atom is 0.337 e. The van der Waals surface area contributed by atoms with Crippen LogP contribution in [0.5, 0.6) is 0 Å². The molecule has 1 heterocycles. The van der Waals surface area contributed by atoms with Crippen molar-refractivity contribution in [3.05, 3.63) is 58.3 Å². The zero-order valence-electron chi connectivity index (χ0n) is 12.1. The minimum Gasteiger partial charge on any atom is -0.466 e. The van der Waals surface area contributed by atoms with Crippen molar-refractivity contribution in [1.82, 2.24) is 0 Å². The molecule has 0 fully saturated rings. The number of halogens is 1. The van der Waals surface area contributed by atoms with Gasteiger partial charge in [-0.1, -0.05) is 41.9 Å². The van der Waals surface area contributed by atoms with E-state index >= 15 is 0 Å². The quantitative estimate of drug-likeness (QED) is 0.863. The average molecular weight is 318 g/mol. The van der Waals surface area contributed by atoms with Gasteiger partial charge in [0.15, 0.2) is 0 Å². The van der Waals surface area contributed by atoms with Crippen LogP contribution in [0.15, 0.2) is 47.7 Å². The predicted octanol–water partition coefficient (Wildman–Crippen LogP) is 3.34. The van der Waals surface area contributed by atoms with Crippen molar-refractivity contribution in [2.24, 2.45) is 5.73 Å². The second-order valence-electron chi connectivity index (χ2n) is 5.18. The van der Waals surface area contributed by atoms with E-state index in [1.807, 2.05) is 36.4 Å². The lowest BCUT2D eigenvalue weighted by molar-refractivity contribution is -0.137. The standard InChI is InChI=1S/C17H16ClNO3/c1-21-17(20)12-9-22-15(8-14(12)19)11-6-2-4-10-5-3-7-13(18)16(10)11/h2-7,15H,8-9,19H2,1H3. The Kier molecular flexibility index (Phi) is 4.05. The number of fused-ring (bicyclic) bond motifs is 1. The number of hydrogen-bond acceptors (Lipinski definition) is 4. The van der Waals surface area contributed by atoms with E-state index in [2.05, 4.69) is 0 Å². The smallest absolute Gasteiger partial charge is 0.337 e. The fraction of sp³-hybridized carbons (Fsp3) is 0.235. The van der Waals surface area contributed by atoms with Crippen molar-refractivity contribution in [3.63, 3.8) is 0 Å². The van der Waals surface area contributed by atoms with E-state index in [0.717, 1.165) is 16.3 Å². The van der Waals surface area contributed by atoms with Crippen LogP contribution in [0, 0.1) is 0 Å². The summed E-state index contributed by atoms with van der Waals surface area (Å²) in [7, 11) is 1.33. The lowest BCUT2D eigenvalue weighted by atomic mass is 9.95. The van der Waals surface area contributed by atoms with E-state index in [4.69, 9.17) is 26.8 Å². The van der Waals surface area contributed by atoms with Crippen molar-refractivity contribution < 1.29 is 14.3 Å². The minimum absolute atomic E-state index is 0.143. The molecule has 2 aromatic rings. The van der Waals surface area contributed by atoms with Crippen molar-refractivity contribution in [1.29, 1.82) is 0 Å². The summed E-state index contributed by atoms with van der Waals surface area (Å²) in [5, 5.41) is 2.69. The van der Waals surface area contributed by atoms with Crippen LogP contribution < -0.4 is 5.73 Å². The summed E-state index contributed by atoms with van der Waals surface area (Å²) >= 11 is 6.35. The largest absolute Gasteiger partial charge is 0.466 e. The summed E-state index contributed by atoms with van der Waals surface area (Å²) in [5.74, 6) is -0.438. The number of hydrogen-bond donors (Lipinski definition) is 1. The van der Waals surface area contributed by atoms with Crippen LogP contribution in [-0.4, -0.2) is 19.7 Å². The molecule has 2 N–H and O–H groups in total. The molecule has 0 aromatic heterocycles. The number of nitrogens with two attached hydrogens (primary N) is 1. The highest BCUT2D eigenvalue weighted by Gasteiger charge is 2.27. The van der Waals surface area contributed by atoms with Gasteiger partial charge in [0, 0.05) is 22.5 Å². The average Bonchev–Trinajstić information content (AvgIpc) is 2.54. The van der Waals surface area contributed by atoms with Crippen LogP contribution in [0.2, 0.25) is 5.02 Å². The van der Waals surface area contributed by atoms with E-state index in [1.54, 1.807) is 0 Å². The number of carbonyl (C=O) groups excluding carboxylic acids is 1. The first-order chi connectivity index (χ1) is 10.6. The highest BCUT2D eigenvalue weighted by atomic mass is 35.5. The molecule has 114 valence electrons. The maximum absolute atomic E-state index is 11.6. The summed E-state index contributed by atoms with van der Waals surface area (Å²) in [6, 6.07) is 11.7. The Balaban J connectivity index is 2.01. The molecule has 1 atom stereocenters. The number of benzene rings is 2. The van der Waals surface area contributed by atoms with Gasteiger partial charge >= 0.3 is 5.97 Å². The molecule has 3 rings (SSSR count). The van der Waals surface area contributed by atoms with Gasteiger partial charge in [-0.25, -0.2) is 4.79 Å². The number of methoxy groups -OCH3 is 1. The third-order valence-electron chi connectivity index (χ3n) is 3.89. The molecule has 2 aromatic carbocycles. The van der Waals surface area contributed by atoms with Crippen molar-refractivity contribution in [3.8, 4) is 0 Å². The first kappa shape index (κ1) is 14.9. The molecule has 0 saturated heterocycles. The summed E-state index contributed by atoms with van der Waals surface area (Å²) in [5.41, 5.74) is 7.91. The van der Waals surface area contributed by atoms with E-state index in [0.29, 0.717) is 22.7 Å². The van der Waals surface area contributed by atoms with Crippen molar-refractivity contribution in [2.45, 2.75) is 12.5 Å². The highest BCUT2D eigenvalue weighted by molar-refractivity contribution is 6.35. The Bertz CT molecular complexity index is 764. The third kappa shape index (κ3) is 2.56. The lowest BCUT2D eigenvalue weighted by Gasteiger charge is -2.26. The van der Waals surface area contributed by atoms with Gasteiger partial charge in [-0.05, 0) is 17.0 Å². The van der Waals surface area contributed by atoms with Gasteiger partial charge in [0.05, 0.1) is 25.4 Å². The summed E-state index contributed by atoms with van der Waals surface area (Å²) in [6.07, 6.45) is 0.214. The Labute approximate surface area is 133 Å². The lowest BCUT2D eigenvalue weighted by Crippen LogP contribution is -2.25. The topological polar surface area (TPSA) is 61.5 Å². The third-order valence-corrected chi connectivity index (χ3v) is 4.20. The predicted molar refractivity (Wildman–Crippen MR) is 85.5 cm³/mol. The molecule has 5 heteroatoms. The normalized spacial score (nSPS) is 18.5. The first-order valence-electron chi connectivity index (χ1n) is 6.96. The number of esters is 1. The Hall–Kier alpha value is -2.04. The maximum atomic E-state index is 11.6. The molecule has 0 aliphatic carbocycles. The number of carbonyl (C=O) groups is 1. The first-order valence-corrected chi connectivity index (χ1v) is 7.34. The molecule has 0 bridgehead atoms. The van der Waals surface area contributed by atoms with Crippen LogP contribution in [0.25, 0.3) is 10.8 Å². The molecule has 0 amide bonds. The second-order valence-corrected chi connectivity index (χ2v) is 5.59. The monoisotopic (exact) mass is 317 g/mol. The molecule has 1 aliphatic heterocycles. The molecule has 4 nitrogen and oxygen atoms in total. The van der Waals surface area contributed by atoms with Gasteiger partial charge < -0.3 is 15.2 Å². The van der Waals surface area contributed by atoms with Gasteiger partial charge in [-0.3, -0.25) is 0 Å². The summed E-state index contributed by atoms with van der Waals surface area (Å²) in [6.45, 7) is 0.143.